The molecule has 0 saturated carbocycles. The molecule has 0 bridgehead atoms. The maximum Gasteiger partial charge on any atom is 0.153 e. The molecule has 94 valence electrons. The lowest BCUT2D eigenvalue weighted by Gasteiger charge is -2.32. The van der Waals surface area contributed by atoms with Crippen LogP contribution in [0.3, 0.4) is 0 Å². The summed E-state index contributed by atoms with van der Waals surface area (Å²) in [4.78, 5) is 0. The van der Waals surface area contributed by atoms with Crippen molar-refractivity contribution in [3.05, 3.63) is 35.4 Å². The largest absolute Gasteiger partial charge is 0.384 e. The highest BCUT2D eigenvalue weighted by molar-refractivity contribution is 7.91. The second kappa shape index (κ2) is 4.42. The van der Waals surface area contributed by atoms with Crippen molar-refractivity contribution in [2.75, 3.05) is 11.5 Å². The minimum atomic E-state index is -3.10. The predicted octanol–water partition coefficient (Wildman–Crippen LogP) is 1.65. The van der Waals surface area contributed by atoms with Crippen molar-refractivity contribution in [3.8, 4) is 0 Å². The van der Waals surface area contributed by atoms with Gasteiger partial charge in [0.2, 0.25) is 0 Å². The van der Waals surface area contributed by atoms with E-state index in [4.69, 9.17) is 0 Å². The van der Waals surface area contributed by atoms with Gasteiger partial charge in [-0.3, -0.25) is 0 Å². The van der Waals surface area contributed by atoms with Gasteiger partial charge in [0.25, 0.3) is 0 Å². The van der Waals surface area contributed by atoms with Gasteiger partial charge in [-0.2, -0.15) is 0 Å². The zero-order valence-corrected chi connectivity index (χ0v) is 10.8. The zero-order chi connectivity index (χ0) is 12.5. The van der Waals surface area contributed by atoms with Crippen LogP contribution in [0.15, 0.2) is 24.3 Å². The summed E-state index contributed by atoms with van der Waals surface area (Å²) in [6.07, 6.45) is 2.00. The smallest absolute Gasteiger partial charge is 0.153 e. The van der Waals surface area contributed by atoms with Crippen molar-refractivity contribution in [2.45, 2.75) is 31.8 Å². The van der Waals surface area contributed by atoms with Crippen LogP contribution in [-0.2, 0) is 21.9 Å². The highest BCUT2D eigenvalue weighted by Gasteiger charge is 2.38. The summed E-state index contributed by atoms with van der Waals surface area (Å²) >= 11 is 0. The molecule has 3 nitrogen and oxygen atoms in total. The lowest BCUT2D eigenvalue weighted by molar-refractivity contribution is 0.0467. The fourth-order valence-corrected chi connectivity index (χ4v) is 4.14. The molecule has 0 aliphatic carbocycles. The maximum atomic E-state index is 11.6. The van der Waals surface area contributed by atoms with E-state index in [9.17, 15) is 13.5 Å². The Morgan fingerprint density at radius 3 is 2.47 bits per heavy atom. The normalized spacial score (nSPS) is 27.9. The predicted molar refractivity (Wildman–Crippen MR) is 67.6 cm³/mol. The molecule has 1 aromatic rings. The van der Waals surface area contributed by atoms with E-state index in [0.29, 0.717) is 12.8 Å². The van der Waals surface area contributed by atoms with E-state index in [0.717, 1.165) is 12.0 Å². The van der Waals surface area contributed by atoms with Crippen LogP contribution in [0.4, 0.5) is 0 Å². The first-order chi connectivity index (χ1) is 7.95. The van der Waals surface area contributed by atoms with Crippen LogP contribution in [0.5, 0.6) is 0 Å². The topological polar surface area (TPSA) is 54.4 Å². The van der Waals surface area contributed by atoms with E-state index in [-0.39, 0.29) is 11.5 Å². The molecule has 1 N–H and O–H groups in total. The van der Waals surface area contributed by atoms with Gasteiger partial charge in [-0.1, -0.05) is 31.2 Å². The molecule has 4 heteroatoms. The Kier molecular flexibility index (Phi) is 3.27. The van der Waals surface area contributed by atoms with Gasteiger partial charge in [0.05, 0.1) is 11.5 Å². The van der Waals surface area contributed by atoms with E-state index in [2.05, 4.69) is 6.92 Å². The molecule has 0 amide bonds. The number of sulfone groups is 1. The van der Waals surface area contributed by atoms with E-state index < -0.39 is 15.4 Å². The summed E-state index contributed by atoms with van der Waals surface area (Å²) in [7, 11) is -3.10. The highest BCUT2D eigenvalue weighted by Crippen LogP contribution is 2.32. The molecule has 1 aromatic carbocycles. The van der Waals surface area contributed by atoms with Gasteiger partial charge in [-0.25, -0.2) is 8.42 Å². The van der Waals surface area contributed by atoms with Crippen LogP contribution >= 0.6 is 0 Å². The van der Waals surface area contributed by atoms with Crippen molar-refractivity contribution < 1.29 is 13.5 Å². The summed E-state index contributed by atoms with van der Waals surface area (Å²) < 4.78 is 23.2. The fraction of sp³-hybridized carbons (Fsp3) is 0.538. The molecule has 1 saturated heterocycles. The minimum absolute atomic E-state index is 0.147. The van der Waals surface area contributed by atoms with Gasteiger partial charge < -0.3 is 5.11 Å². The number of rotatable bonds is 2. The van der Waals surface area contributed by atoms with Crippen molar-refractivity contribution in [2.24, 2.45) is 0 Å². The standard InChI is InChI=1S/C13H18O3S/c1-2-11-4-6-12(7-5-11)13(14)8-3-9-17(15,16)10-13/h4-7,14H,2-3,8-10H2,1H3. The van der Waals surface area contributed by atoms with Crippen LogP contribution < -0.4 is 0 Å². The molecule has 1 atom stereocenters. The monoisotopic (exact) mass is 254 g/mol. The third kappa shape index (κ3) is 2.69. The third-order valence-corrected chi connectivity index (χ3v) is 5.23. The molecule has 1 unspecified atom stereocenters. The van der Waals surface area contributed by atoms with Crippen LogP contribution in [0, 0.1) is 0 Å². The van der Waals surface area contributed by atoms with Gasteiger partial charge in [0.15, 0.2) is 9.84 Å². The summed E-state index contributed by atoms with van der Waals surface area (Å²) in [5, 5.41) is 10.5. The summed E-state index contributed by atoms with van der Waals surface area (Å²) in [5.41, 5.74) is 0.720. The Morgan fingerprint density at radius 1 is 1.29 bits per heavy atom. The first-order valence-electron chi connectivity index (χ1n) is 5.97. The zero-order valence-electron chi connectivity index (χ0n) is 10.0. The lowest BCUT2D eigenvalue weighted by atomic mass is 9.90. The van der Waals surface area contributed by atoms with Gasteiger partial charge in [-0.15, -0.1) is 0 Å². The molecule has 0 spiro atoms. The Morgan fingerprint density at radius 2 is 1.94 bits per heavy atom. The lowest BCUT2D eigenvalue weighted by Crippen LogP contribution is -2.39. The Balaban J connectivity index is 2.30. The molecule has 2 rings (SSSR count). The molecule has 1 fully saturated rings. The number of benzene rings is 1. The number of hydrogen-bond donors (Lipinski definition) is 1. The highest BCUT2D eigenvalue weighted by atomic mass is 32.2. The first-order valence-corrected chi connectivity index (χ1v) is 7.79. The quantitative estimate of drug-likeness (QED) is 0.873. The van der Waals surface area contributed by atoms with Gasteiger partial charge in [0.1, 0.15) is 5.60 Å². The van der Waals surface area contributed by atoms with Gasteiger partial charge in [-0.05, 0) is 30.4 Å². The second-order valence-electron chi connectivity index (χ2n) is 4.78. The molecule has 1 heterocycles. The number of hydrogen-bond acceptors (Lipinski definition) is 3. The number of aliphatic hydroxyl groups is 1. The minimum Gasteiger partial charge on any atom is -0.384 e. The van der Waals surface area contributed by atoms with E-state index in [1.165, 1.54) is 5.56 Å². The molecule has 1 aliphatic heterocycles. The Hall–Kier alpha value is -0.870. The van der Waals surface area contributed by atoms with Gasteiger partial charge in [0, 0.05) is 0 Å². The average molecular weight is 254 g/mol. The van der Waals surface area contributed by atoms with Crippen molar-refractivity contribution in [1.82, 2.24) is 0 Å². The van der Waals surface area contributed by atoms with Crippen LogP contribution in [0.1, 0.15) is 30.9 Å². The van der Waals surface area contributed by atoms with Gasteiger partial charge >= 0.3 is 0 Å². The summed E-state index contributed by atoms with van der Waals surface area (Å²) in [6, 6.07) is 7.60. The van der Waals surface area contributed by atoms with E-state index in [1.54, 1.807) is 0 Å². The summed E-state index contributed by atoms with van der Waals surface area (Å²) in [5.74, 6) is 0.0494. The van der Waals surface area contributed by atoms with Crippen LogP contribution in [0.2, 0.25) is 0 Å². The maximum absolute atomic E-state index is 11.6. The molecule has 17 heavy (non-hydrogen) atoms. The Bertz CT molecular complexity index is 490. The van der Waals surface area contributed by atoms with Crippen molar-refractivity contribution >= 4 is 9.84 Å². The first kappa shape index (κ1) is 12.6. The third-order valence-electron chi connectivity index (χ3n) is 3.40. The molecule has 0 aromatic heterocycles. The second-order valence-corrected chi connectivity index (χ2v) is 6.96. The fourth-order valence-electron chi connectivity index (χ4n) is 2.37. The molecule has 0 radical (unpaired) electrons. The Labute approximate surface area is 102 Å². The average Bonchev–Trinajstić information content (AvgIpc) is 2.27. The number of aryl methyl sites for hydroxylation is 1. The van der Waals surface area contributed by atoms with E-state index in [1.807, 2.05) is 24.3 Å². The van der Waals surface area contributed by atoms with Crippen molar-refractivity contribution in [1.29, 1.82) is 0 Å². The summed E-state index contributed by atoms with van der Waals surface area (Å²) in [6.45, 7) is 2.06. The van der Waals surface area contributed by atoms with Crippen LogP contribution in [0.25, 0.3) is 0 Å². The molecular weight excluding hydrogens is 236 g/mol. The van der Waals surface area contributed by atoms with Crippen molar-refractivity contribution in [3.63, 3.8) is 0 Å². The molecular formula is C13H18O3S. The SMILES string of the molecule is CCc1ccc(C2(O)CCCS(=O)(=O)C2)cc1. The molecule has 1 aliphatic rings. The van der Waals surface area contributed by atoms with E-state index >= 15 is 0 Å². The van der Waals surface area contributed by atoms with Crippen LogP contribution in [-0.4, -0.2) is 25.0 Å².